The summed E-state index contributed by atoms with van der Waals surface area (Å²) in [6.45, 7) is 0. The zero-order valence-electron chi connectivity index (χ0n) is 14.6. The van der Waals surface area contributed by atoms with Gasteiger partial charge in [-0.15, -0.1) is 0 Å². The number of primary amides is 1. The van der Waals surface area contributed by atoms with Gasteiger partial charge >= 0.3 is 0 Å². The van der Waals surface area contributed by atoms with Crippen molar-refractivity contribution in [2.24, 2.45) is 10.9 Å². The summed E-state index contributed by atoms with van der Waals surface area (Å²) in [6.07, 6.45) is 0.503. The van der Waals surface area contributed by atoms with Crippen molar-refractivity contribution in [3.63, 3.8) is 0 Å². The molecule has 0 aliphatic carbocycles. The lowest BCUT2D eigenvalue weighted by atomic mass is 9.90. The van der Waals surface area contributed by atoms with Crippen LogP contribution in [0.4, 0.5) is 0 Å². The first-order valence-corrected chi connectivity index (χ1v) is 9.96. The first kappa shape index (κ1) is 18.8. The minimum atomic E-state index is -3.84. The van der Waals surface area contributed by atoms with Crippen LogP contribution in [0.3, 0.4) is 0 Å². The molecule has 1 unspecified atom stereocenters. The van der Waals surface area contributed by atoms with E-state index in [0.717, 1.165) is 11.1 Å². The SMILES string of the molecule is NC(=O)C(Cc1ccccc1)c1ccc(-c2ccccc2S(N)(=O)=O)cc1. The van der Waals surface area contributed by atoms with E-state index in [1.165, 1.54) is 6.07 Å². The molecular weight excluding hydrogens is 360 g/mol. The molecule has 0 bridgehead atoms. The fraction of sp³-hybridized carbons (Fsp3) is 0.0952. The van der Waals surface area contributed by atoms with Gasteiger partial charge in [-0.1, -0.05) is 72.8 Å². The molecule has 3 aromatic rings. The van der Waals surface area contributed by atoms with Gasteiger partial charge in [0.25, 0.3) is 0 Å². The first-order valence-electron chi connectivity index (χ1n) is 8.41. The Bertz CT molecular complexity index is 1050. The Morgan fingerprint density at radius 3 is 2.04 bits per heavy atom. The molecule has 0 aliphatic heterocycles. The minimum absolute atomic E-state index is 0.0634. The Hall–Kier alpha value is -2.96. The lowest BCUT2D eigenvalue weighted by Gasteiger charge is -2.15. The molecule has 138 valence electrons. The molecule has 0 aromatic heterocycles. The fourth-order valence-electron chi connectivity index (χ4n) is 3.08. The van der Waals surface area contributed by atoms with E-state index in [1.807, 2.05) is 30.3 Å². The quantitative estimate of drug-likeness (QED) is 0.687. The molecule has 3 rings (SSSR count). The number of hydrogen-bond acceptors (Lipinski definition) is 3. The molecule has 0 heterocycles. The van der Waals surface area contributed by atoms with E-state index in [-0.39, 0.29) is 4.90 Å². The summed E-state index contributed by atoms with van der Waals surface area (Å²) in [5.74, 6) is -0.869. The zero-order valence-corrected chi connectivity index (χ0v) is 15.4. The molecule has 3 aromatic carbocycles. The van der Waals surface area contributed by atoms with E-state index in [9.17, 15) is 13.2 Å². The predicted molar refractivity (Wildman–Crippen MR) is 105 cm³/mol. The van der Waals surface area contributed by atoms with Crippen molar-refractivity contribution in [2.45, 2.75) is 17.2 Å². The van der Waals surface area contributed by atoms with Crippen LogP contribution in [0.2, 0.25) is 0 Å². The van der Waals surface area contributed by atoms with Crippen molar-refractivity contribution in [3.05, 3.63) is 90.0 Å². The summed E-state index contributed by atoms with van der Waals surface area (Å²) in [7, 11) is -3.84. The third-order valence-electron chi connectivity index (χ3n) is 4.44. The van der Waals surface area contributed by atoms with Gasteiger partial charge in [0, 0.05) is 5.56 Å². The maximum Gasteiger partial charge on any atom is 0.238 e. The molecule has 0 saturated carbocycles. The van der Waals surface area contributed by atoms with Gasteiger partial charge in [0.05, 0.1) is 10.8 Å². The molecule has 0 aliphatic rings. The van der Waals surface area contributed by atoms with Crippen LogP contribution in [-0.4, -0.2) is 14.3 Å². The smallest absolute Gasteiger partial charge is 0.238 e. The van der Waals surface area contributed by atoms with Crippen molar-refractivity contribution in [1.29, 1.82) is 0 Å². The van der Waals surface area contributed by atoms with Gasteiger partial charge in [0.15, 0.2) is 0 Å². The van der Waals surface area contributed by atoms with Crippen LogP contribution in [0.15, 0.2) is 83.8 Å². The molecule has 1 amide bonds. The maximum atomic E-state index is 12.0. The molecule has 1 atom stereocenters. The van der Waals surface area contributed by atoms with Crippen molar-refractivity contribution in [2.75, 3.05) is 0 Å². The first-order chi connectivity index (χ1) is 12.9. The number of rotatable bonds is 6. The van der Waals surface area contributed by atoms with Gasteiger partial charge in [0.2, 0.25) is 15.9 Å². The van der Waals surface area contributed by atoms with Crippen molar-refractivity contribution in [3.8, 4) is 11.1 Å². The molecule has 0 spiro atoms. The number of primary sulfonamides is 1. The number of sulfonamides is 1. The molecular formula is C21H20N2O3S. The van der Waals surface area contributed by atoms with Crippen molar-refractivity contribution < 1.29 is 13.2 Å². The second kappa shape index (κ2) is 7.73. The highest BCUT2D eigenvalue weighted by Gasteiger charge is 2.19. The van der Waals surface area contributed by atoms with Crippen molar-refractivity contribution >= 4 is 15.9 Å². The van der Waals surface area contributed by atoms with Gasteiger partial charge in [0.1, 0.15) is 0 Å². The van der Waals surface area contributed by atoms with E-state index in [2.05, 4.69) is 0 Å². The van der Waals surface area contributed by atoms with Gasteiger partial charge in [-0.25, -0.2) is 13.6 Å². The van der Waals surface area contributed by atoms with Crippen molar-refractivity contribution in [1.82, 2.24) is 0 Å². The zero-order chi connectivity index (χ0) is 19.4. The highest BCUT2D eigenvalue weighted by Crippen LogP contribution is 2.29. The summed E-state index contributed by atoms with van der Waals surface area (Å²) in [4.78, 5) is 12.0. The Balaban J connectivity index is 1.94. The monoisotopic (exact) mass is 380 g/mol. The summed E-state index contributed by atoms with van der Waals surface area (Å²) in [5.41, 5.74) is 8.63. The van der Waals surface area contributed by atoms with E-state index in [0.29, 0.717) is 17.5 Å². The van der Waals surface area contributed by atoms with E-state index >= 15 is 0 Å². The van der Waals surface area contributed by atoms with Crippen LogP contribution < -0.4 is 10.9 Å². The highest BCUT2D eigenvalue weighted by atomic mass is 32.2. The third kappa shape index (κ3) is 4.42. The molecule has 0 saturated heterocycles. The standard InChI is InChI=1S/C21H20N2O3S/c22-21(24)19(14-15-6-2-1-3-7-15)17-12-10-16(11-13-17)18-8-4-5-9-20(18)27(23,25)26/h1-13,19H,14H2,(H2,22,24)(H2,23,25,26). The Labute approximate surface area is 158 Å². The maximum absolute atomic E-state index is 12.0. The van der Waals surface area contributed by atoms with Gasteiger partial charge in [-0.3, -0.25) is 4.79 Å². The number of benzene rings is 3. The van der Waals surface area contributed by atoms with Gasteiger partial charge in [-0.05, 0) is 29.2 Å². The Morgan fingerprint density at radius 1 is 0.852 bits per heavy atom. The van der Waals surface area contributed by atoms with E-state index < -0.39 is 21.8 Å². The molecule has 4 N–H and O–H groups in total. The number of amides is 1. The lowest BCUT2D eigenvalue weighted by Crippen LogP contribution is -2.23. The molecule has 5 nitrogen and oxygen atoms in total. The molecule has 27 heavy (non-hydrogen) atoms. The second-order valence-electron chi connectivity index (χ2n) is 6.31. The van der Waals surface area contributed by atoms with Crippen LogP contribution >= 0.6 is 0 Å². The average molecular weight is 380 g/mol. The predicted octanol–water partition coefficient (Wildman–Crippen LogP) is 2.81. The lowest BCUT2D eigenvalue weighted by molar-refractivity contribution is -0.119. The summed E-state index contributed by atoms with van der Waals surface area (Å²) in [6, 6.07) is 23.4. The number of nitrogens with two attached hydrogens (primary N) is 2. The Morgan fingerprint density at radius 2 is 1.44 bits per heavy atom. The number of carbonyl (C=O) groups excluding carboxylic acids is 1. The Kier molecular flexibility index (Phi) is 5.39. The van der Waals surface area contributed by atoms with Crippen LogP contribution in [0.1, 0.15) is 17.0 Å². The molecule has 6 heteroatoms. The largest absolute Gasteiger partial charge is 0.369 e. The number of hydrogen-bond donors (Lipinski definition) is 2. The summed E-state index contributed by atoms with van der Waals surface area (Å²) < 4.78 is 23.6. The third-order valence-corrected chi connectivity index (χ3v) is 5.41. The topological polar surface area (TPSA) is 103 Å². The van der Waals surface area contributed by atoms with Crippen LogP contribution in [0.5, 0.6) is 0 Å². The van der Waals surface area contributed by atoms with Gasteiger partial charge in [-0.2, -0.15) is 0 Å². The van der Waals surface area contributed by atoms with Crippen LogP contribution in [-0.2, 0) is 21.2 Å². The average Bonchev–Trinajstić information content (AvgIpc) is 2.66. The summed E-state index contributed by atoms with van der Waals surface area (Å²) >= 11 is 0. The fourth-order valence-corrected chi connectivity index (χ4v) is 3.84. The highest BCUT2D eigenvalue weighted by molar-refractivity contribution is 7.89. The van der Waals surface area contributed by atoms with Crippen LogP contribution in [0, 0.1) is 0 Å². The van der Waals surface area contributed by atoms with Crippen LogP contribution in [0.25, 0.3) is 11.1 Å². The summed E-state index contributed by atoms with van der Waals surface area (Å²) in [5, 5.41) is 5.31. The van der Waals surface area contributed by atoms with Gasteiger partial charge < -0.3 is 5.73 Å². The van der Waals surface area contributed by atoms with E-state index in [4.69, 9.17) is 10.9 Å². The normalized spacial score (nSPS) is 12.5. The minimum Gasteiger partial charge on any atom is -0.369 e. The van der Waals surface area contributed by atoms with E-state index in [1.54, 1.807) is 42.5 Å². The molecule has 0 fully saturated rings. The molecule has 0 radical (unpaired) electrons. The second-order valence-corrected chi connectivity index (χ2v) is 7.84. The number of carbonyl (C=O) groups is 1.